The van der Waals surface area contributed by atoms with E-state index in [4.69, 9.17) is 9.47 Å². The molecule has 0 saturated carbocycles. The van der Waals surface area contributed by atoms with Crippen LogP contribution in [0.1, 0.15) is 33.1 Å². The van der Waals surface area contributed by atoms with Gasteiger partial charge in [-0.15, -0.1) is 0 Å². The van der Waals surface area contributed by atoms with Crippen molar-refractivity contribution < 1.29 is 66.4 Å². The minimum Gasteiger partial charge on any atom is -1.00 e. The lowest BCUT2D eigenvalue weighted by Gasteiger charge is -2.34. The molecule has 0 aromatic heterocycles. The van der Waals surface area contributed by atoms with E-state index in [1.165, 1.54) is 58.5 Å². The number of hydrogen-bond donors (Lipinski definition) is 0. The molecule has 31 heavy (non-hydrogen) atoms. The molecule has 8 heteroatoms. The summed E-state index contributed by atoms with van der Waals surface area (Å²) in [4.78, 5) is 5.04. The van der Waals surface area contributed by atoms with E-state index in [9.17, 15) is 0 Å². The molecule has 0 unspecified atom stereocenters. The highest BCUT2D eigenvalue weighted by atomic mass is 127. The van der Waals surface area contributed by atoms with Crippen molar-refractivity contribution in [3.8, 4) is 0 Å². The molecule has 2 saturated heterocycles. The van der Waals surface area contributed by atoms with Crippen molar-refractivity contribution in [2.24, 2.45) is 0 Å². The van der Waals surface area contributed by atoms with E-state index in [2.05, 4.69) is 51.8 Å². The molecule has 0 spiro atoms. The van der Waals surface area contributed by atoms with E-state index in [-0.39, 0.29) is 48.0 Å². The number of hydrogen-bond acceptors (Lipinski definition) is 4. The number of quaternary nitrogens is 2. The number of likely N-dealkylation sites (N-methyl/N-ethyl adjacent to an activating group) is 2. The van der Waals surface area contributed by atoms with Crippen LogP contribution in [0.15, 0.2) is 0 Å². The standard InChI is InChI=1S/C12H27N2O.C11H25N2O.2HI/c1-4-5-9-14(2,3)10-6-13-7-11-15-12-8-13;1-4-8-13(2,3)9-5-12-6-10-14-11-7-12;;/h4-12H2,1-3H3;4-11H2,1-3H3;2*1H/q2*+1;;/p-2. The van der Waals surface area contributed by atoms with Gasteiger partial charge in [0.05, 0.1) is 80.8 Å². The molecule has 0 bridgehead atoms. The second-order valence-electron chi connectivity index (χ2n) is 10.0. The van der Waals surface area contributed by atoms with Gasteiger partial charge in [-0.1, -0.05) is 20.3 Å². The zero-order valence-corrected chi connectivity index (χ0v) is 25.7. The van der Waals surface area contributed by atoms with E-state index >= 15 is 0 Å². The molecular formula is C23H52I2N4O2. The zero-order valence-electron chi connectivity index (χ0n) is 21.4. The number of unbranched alkanes of at least 4 members (excludes halogenated alkanes) is 1. The quantitative estimate of drug-likeness (QED) is 0.166. The highest BCUT2D eigenvalue weighted by Crippen LogP contribution is 2.04. The van der Waals surface area contributed by atoms with Crippen molar-refractivity contribution in [3.05, 3.63) is 0 Å². The van der Waals surface area contributed by atoms with Gasteiger partial charge in [-0.2, -0.15) is 0 Å². The first-order valence-corrected chi connectivity index (χ1v) is 12.0. The molecule has 2 rings (SSSR count). The van der Waals surface area contributed by atoms with Crippen molar-refractivity contribution in [1.29, 1.82) is 0 Å². The number of halogens is 2. The van der Waals surface area contributed by atoms with Crippen LogP contribution in [0.4, 0.5) is 0 Å². The topological polar surface area (TPSA) is 24.9 Å². The third-order valence-electron chi connectivity index (χ3n) is 6.20. The van der Waals surface area contributed by atoms with Crippen LogP contribution in [-0.4, -0.2) is 139 Å². The molecule has 190 valence electrons. The molecule has 0 N–H and O–H groups in total. The smallest absolute Gasteiger partial charge is 0.0911 e. The number of morpholine rings is 2. The summed E-state index contributed by atoms with van der Waals surface area (Å²) in [6.07, 6.45) is 3.92. The minimum atomic E-state index is 0. The highest BCUT2D eigenvalue weighted by Gasteiger charge is 2.18. The SMILES string of the molecule is CCCC[N+](C)(C)CCN1CCOCC1.CCC[N+](C)(C)CCN1CCOCC1.[I-].[I-]. The van der Waals surface area contributed by atoms with E-state index in [0.29, 0.717) is 0 Å². The van der Waals surface area contributed by atoms with Crippen molar-refractivity contribution in [3.63, 3.8) is 0 Å². The average molecular weight is 671 g/mol. The predicted molar refractivity (Wildman–Crippen MR) is 123 cm³/mol. The molecule has 2 aliphatic rings. The fourth-order valence-corrected chi connectivity index (χ4v) is 3.89. The van der Waals surface area contributed by atoms with Gasteiger partial charge in [0.25, 0.3) is 0 Å². The number of ether oxygens (including phenoxy) is 2. The minimum absolute atomic E-state index is 0. The Labute approximate surface area is 228 Å². The Morgan fingerprint density at radius 1 is 0.581 bits per heavy atom. The van der Waals surface area contributed by atoms with E-state index in [0.717, 1.165) is 61.6 Å². The Kier molecular flexibility index (Phi) is 21.7. The first kappa shape index (κ1) is 34.4. The molecule has 0 atom stereocenters. The van der Waals surface area contributed by atoms with Gasteiger partial charge >= 0.3 is 0 Å². The molecular weight excluding hydrogens is 618 g/mol. The van der Waals surface area contributed by atoms with Gasteiger partial charge < -0.3 is 66.4 Å². The average Bonchev–Trinajstić information content (AvgIpc) is 2.72. The molecule has 0 aliphatic carbocycles. The fourth-order valence-electron chi connectivity index (χ4n) is 3.89. The second kappa shape index (κ2) is 19.5. The number of nitrogens with zero attached hydrogens (tertiary/aromatic N) is 4. The molecule has 6 nitrogen and oxygen atoms in total. The summed E-state index contributed by atoms with van der Waals surface area (Å²) in [5.41, 5.74) is 0. The molecule has 0 radical (unpaired) electrons. The third-order valence-corrected chi connectivity index (χ3v) is 6.20. The lowest BCUT2D eigenvalue weighted by molar-refractivity contribution is -0.890. The molecule has 2 heterocycles. The summed E-state index contributed by atoms with van der Waals surface area (Å²) < 4.78 is 13.0. The van der Waals surface area contributed by atoms with Crippen molar-refractivity contribution in [1.82, 2.24) is 9.80 Å². The summed E-state index contributed by atoms with van der Waals surface area (Å²) in [5.74, 6) is 0. The Hall–Kier alpha value is 1.22. The highest BCUT2D eigenvalue weighted by molar-refractivity contribution is 4.61. The number of rotatable bonds is 11. The Morgan fingerprint density at radius 3 is 1.32 bits per heavy atom. The van der Waals surface area contributed by atoms with Gasteiger partial charge in [0, 0.05) is 39.3 Å². The summed E-state index contributed by atoms with van der Waals surface area (Å²) in [5, 5.41) is 0. The van der Waals surface area contributed by atoms with E-state index in [1.807, 2.05) is 0 Å². The van der Waals surface area contributed by atoms with Crippen molar-refractivity contribution in [2.75, 3.05) is 120 Å². The fraction of sp³-hybridized carbons (Fsp3) is 1.00. The van der Waals surface area contributed by atoms with Crippen molar-refractivity contribution >= 4 is 0 Å². The Bertz CT molecular complexity index is 403. The van der Waals surface area contributed by atoms with Gasteiger partial charge in [0.1, 0.15) is 0 Å². The lowest BCUT2D eigenvalue weighted by atomic mass is 10.3. The van der Waals surface area contributed by atoms with Gasteiger partial charge in [0.2, 0.25) is 0 Å². The summed E-state index contributed by atoms with van der Waals surface area (Å²) in [6.45, 7) is 20.2. The van der Waals surface area contributed by atoms with Crippen molar-refractivity contribution in [2.45, 2.75) is 33.1 Å². The van der Waals surface area contributed by atoms with Crippen LogP contribution >= 0.6 is 0 Å². The molecule has 0 aromatic rings. The van der Waals surface area contributed by atoms with Gasteiger partial charge in [-0.25, -0.2) is 0 Å². The van der Waals surface area contributed by atoms with Crippen LogP contribution in [0, 0.1) is 0 Å². The maximum Gasteiger partial charge on any atom is 0.0911 e. The second-order valence-corrected chi connectivity index (χ2v) is 10.0. The van der Waals surface area contributed by atoms with Gasteiger partial charge in [-0.05, 0) is 12.8 Å². The van der Waals surface area contributed by atoms with E-state index in [1.54, 1.807) is 0 Å². The van der Waals surface area contributed by atoms with Crippen LogP contribution < -0.4 is 48.0 Å². The Balaban J connectivity index is 0. The first-order valence-electron chi connectivity index (χ1n) is 12.0. The van der Waals surface area contributed by atoms with E-state index < -0.39 is 0 Å². The van der Waals surface area contributed by atoms with Crippen LogP contribution in [0.25, 0.3) is 0 Å². The maximum absolute atomic E-state index is 5.35. The maximum atomic E-state index is 5.35. The van der Waals surface area contributed by atoms with Gasteiger partial charge in [-0.3, -0.25) is 9.80 Å². The van der Waals surface area contributed by atoms with Crippen LogP contribution in [0.3, 0.4) is 0 Å². The first-order chi connectivity index (χ1) is 13.8. The normalized spacial score (nSPS) is 18.4. The molecule has 2 aliphatic heterocycles. The van der Waals surface area contributed by atoms with Gasteiger partial charge in [0.15, 0.2) is 0 Å². The van der Waals surface area contributed by atoms with Crippen LogP contribution in [0.5, 0.6) is 0 Å². The van der Waals surface area contributed by atoms with Crippen LogP contribution in [-0.2, 0) is 9.47 Å². The third kappa shape index (κ3) is 18.2. The Morgan fingerprint density at radius 2 is 0.968 bits per heavy atom. The predicted octanol–water partition coefficient (Wildman–Crippen LogP) is -3.99. The zero-order chi connectivity index (χ0) is 21.6. The van der Waals surface area contributed by atoms with Crippen LogP contribution in [0.2, 0.25) is 0 Å². The summed E-state index contributed by atoms with van der Waals surface area (Å²) in [6, 6.07) is 0. The monoisotopic (exact) mass is 670 g/mol. The summed E-state index contributed by atoms with van der Waals surface area (Å²) >= 11 is 0. The molecule has 0 amide bonds. The largest absolute Gasteiger partial charge is 1.00 e. The summed E-state index contributed by atoms with van der Waals surface area (Å²) in [7, 11) is 9.33. The lowest BCUT2D eigenvalue weighted by Crippen LogP contribution is -3.00. The molecule has 2 fully saturated rings. The molecule has 0 aromatic carbocycles.